The van der Waals surface area contributed by atoms with Crippen molar-refractivity contribution in [3.8, 4) is 6.07 Å². The Morgan fingerprint density at radius 3 is 2.44 bits per heavy atom. The Hall–Kier alpha value is -2.06. The Morgan fingerprint density at radius 1 is 1.50 bits per heavy atom. The summed E-state index contributed by atoms with van der Waals surface area (Å²) in [6.07, 6.45) is 3.54. The third kappa shape index (κ3) is 12.0. The van der Waals surface area contributed by atoms with E-state index in [0.29, 0.717) is 6.61 Å². The van der Waals surface area contributed by atoms with Gasteiger partial charge in [0.2, 0.25) is 0 Å². The minimum Gasteiger partial charge on any atom is -0.462 e. The molecule has 0 saturated carbocycles. The third-order valence-corrected chi connectivity index (χ3v) is 1.44. The summed E-state index contributed by atoms with van der Waals surface area (Å²) in [7, 11) is 0. The highest BCUT2D eigenvalue weighted by atomic mass is 35.5. The van der Waals surface area contributed by atoms with E-state index in [9.17, 15) is 9.59 Å². The lowest BCUT2D eigenvalue weighted by molar-refractivity contribution is -0.138. The van der Waals surface area contributed by atoms with Crippen LogP contribution in [0.1, 0.15) is 6.92 Å². The smallest absolute Gasteiger partial charge is 0.337 e. The molecule has 0 aromatic carbocycles. The summed E-state index contributed by atoms with van der Waals surface area (Å²) in [6.45, 7) is 8.57. The first-order valence-corrected chi connectivity index (χ1v) is 5.35. The van der Waals surface area contributed by atoms with Gasteiger partial charge in [-0.15, -0.1) is 11.6 Å². The van der Waals surface area contributed by atoms with Gasteiger partial charge >= 0.3 is 11.9 Å². The second kappa shape index (κ2) is 13.0. The van der Waals surface area contributed by atoms with E-state index in [1.807, 2.05) is 0 Å². The second-order valence-corrected chi connectivity index (χ2v) is 2.77. The number of nitriles is 1. The average molecular weight is 272 g/mol. The molecule has 5 nitrogen and oxygen atoms in total. The van der Waals surface area contributed by atoms with Gasteiger partial charge in [0.1, 0.15) is 5.88 Å². The lowest BCUT2D eigenvalue weighted by Crippen LogP contribution is -2.04. The summed E-state index contributed by atoms with van der Waals surface area (Å²) in [5.41, 5.74) is 0.188. The molecule has 0 rings (SSSR count). The van der Waals surface area contributed by atoms with Crippen LogP contribution in [0.2, 0.25) is 0 Å². The normalized spacial score (nSPS) is 8.50. The summed E-state index contributed by atoms with van der Waals surface area (Å²) in [4.78, 5) is 20.8. The van der Waals surface area contributed by atoms with E-state index in [-0.39, 0.29) is 11.5 Å². The number of hydrogen-bond acceptors (Lipinski definition) is 5. The molecule has 0 N–H and O–H groups in total. The van der Waals surface area contributed by atoms with Crippen LogP contribution in [-0.4, -0.2) is 24.4 Å². The van der Waals surface area contributed by atoms with Crippen LogP contribution in [0, 0.1) is 11.3 Å². The van der Waals surface area contributed by atoms with Gasteiger partial charge in [-0.1, -0.05) is 13.2 Å². The molecule has 0 bridgehead atoms. The number of hydrogen-bond donors (Lipinski definition) is 0. The lowest BCUT2D eigenvalue weighted by Gasteiger charge is -1.98. The van der Waals surface area contributed by atoms with Crippen molar-refractivity contribution in [3.63, 3.8) is 0 Å². The van der Waals surface area contributed by atoms with Gasteiger partial charge in [0, 0.05) is 6.08 Å². The lowest BCUT2D eigenvalue weighted by atomic mass is 10.3. The van der Waals surface area contributed by atoms with Crippen LogP contribution in [0.15, 0.2) is 37.1 Å². The van der Waals surface area contributed by atoms with E-state index in [1.54, 1.807) is 13.0 Å². The Labute approximate surface area is 111 Å². The molecule has 0 radical (unpaired) electrons. The zero-order chi connectivity index (χ0) is 14.4. The minimum absolute atomic E-state index is 0.119. The summed E-state index contributed by atoms with van der Waals surface area (Å²) in [5, 5.41) is 8.10. The van der Waals surface area contributed by atoms with Crippen LogP contribution < -0.4 is 0 Å². The number of carbonyl (C=O) groups is 2. The fourth-order valence-electron chi connectivity index (χ4n) is 0.554. The first kappa shape index (κ1) is 18.3. The fourth-order valence-corrected chi connectivity index (χ4v) is 0.617. The number of allylic oxidation sites excluding steroid dienone is 1. The Bertz CT molecular complexity index is 369. The van der Waals surface area contributed by atoms with Crippen LogP contribution in [0.3, 0.4) is 0 Å². The van der Waals surface area contributed by atoms with Gasteiger partial charge in [0.05, 0.1) is 24.5 Å². The molecule has 0 aromatic rings. The molecule has 0 amide bonds. The van der Waals surface area contributed by atoms with Gasteiger partial charge in [0.15, 0.2) is 0 Å². The van der Waals surface area contributed by atoms with Crippen LogP contribution in [0.4, 0.5) is 0 Å². The number of halogens is 1. The zero-order valence-corrected chi connectivity index (χ0v) is 10.8. The van der Waals surface area contributed by atoms with E-state index >= 15 is 0 Å². The topological polar surface area (TPSA) is 76.4 Å². The number of ether oxygens (including phenoxy) is 2. The molecule has 0 unspecified atom stereocenters. The molecule has 0 spiro atoms. The third-order valence-electron chi connectivity index (χ3n) is 1.22. The van der Waals surface area contributed by atoms with Gasteiger partial charge in [-0.25, -0.2) is 4.79 Å². The van der Waals surface area contributed by atoms with Crippen molar-refractivity contribution >= 4 is 23.5 Å². The SMILES string of the molecule is C=C(C=CC#N)C(=O)OCC.C=COC(=O)CCl. The predicted octanol–water partition coefficient (Wildman–Crippen LogP) is 2.10. The molecule has 6 heteroatoms. The number of esters is 2. The van der Waals surface area contributed by atoms with Crippen LogP contribution in [0.25, 0.3) is 0 Å². The van der Waals surface area contributed by atoms with E-state index in [0.717, 1.165) is 6.26 Å². The van der Waals surface area contributed by atoms with Crippen molar-refractivity contribution in [2.45, 2.75) is 6.92 Å². The molecular weight excluding hydrogens is 258 g/mol. The van der Waals surface area contributed by atoms with E-state index in [2.05, 4.69) is 22.6 Å². The second-order valence-electron chi connectivity index (χ2n) is 2.50. The molecular formula is C12H14ClNO4. The number of nitrogens with zero attached hydrogens (tertiary/aromatic N) is 1. The number of carbonyl (C=O) groups excluding carboxylic acids is 2. The molecule has 0 saturated heterocycles. The molecule has 0 aliphatic carbocycles. The van der Waals surface area contributed by atoms with Crippen LogP contribution in [0.5, 0.6) is 0 Å². The van der Waals surface area contributed by atoms with Crippen LogP contribution >= 0.6 is 11.6 Å². The highest BCUT2D eigenvalue weighted by molar-refractivity contribution is 6.26. The largest absolute Gasteiger partial charge is 0.462 e. The number of rotatable bonds is 5. The van der Waals surface area contributed by atoms with Gasteiger partial charge in [-0.3, -0.25) is 4.79 Å². The van der Waals surface area contributed by atoms with Crippen molar-refractivity contribution in [2.75, 3.05) is 12.5 Å². The quantitative estimate of drug-likeness (QED) is 0.191. The van der Waals surface area contributed by atoms with E-state index in [4.69, 9.17) is 16.9 Å². The van der Waals surface area contributed by atoms with Crippen molar-refractivity contribution in [3.05, 3.63) is 37.1 Å². The molecule has 0 aromatic heterocycles. The van der Waals surface area contributed by atoms with Gasteiger partial charge in [0.25, 0.3) is 0 Å². The summed E-state index contributed by atoms with van der Waals surface area (Å²) in [6, 6.07) is 1.75. The Kier molecular flexibility index (Phi) is 13.2. The maximum Gasteiger partial charge on any atom is 0.337 e. The first-order valence-electron chi connectivity index (χ1n) is 4.81. The number of alkyl halides is 1. The summed E-state index contributed by atoms with van der Waals surface area (Å²) >= 11 is 5.01. The maximum atomic E-state index is 10.8. The van der Waals surface area contributed by atoms with Gasteiger partial charge < -0.3 is 9.47 Å². The molecule has 98 valence electrons. The maximum absolute atomic E-state index is 10.8. The van der Waals surface area contributed by atoms with Crippen molar-refractivity contribution < 1.29 is 19.1 Å². The molecule has 0 aliphatic heterocycles. The summed E-state index contributed by atoms with van der Waals surface area (Å²) in [5.74, 6) is -1.08. The van der Waals surface area contributed by atoms with E-state index < -0.39 is 11.9 Å². The monoisotopic (exact) mass is 271 g/mol. The molecule has 0 atom stereocenters. The van der Waals surface area contributed by atoms with Crippen LogP contribution in [-0.2, 0) is 19.1 Å². The van der Waals surface area contributed by atoms with Gasteiger partial charge in [-0.05, 0) is 13.0 Å². The van der Waals surface area contributed by atoms with Crippen molar-refractivity contribution in [1.82, 2.24) is 0 Å². The molecule has 0 heterocycles. The highest BCUT2D eigenvalue weighted by Crippen LogP contribution is 1.95. The standard InChI is InChI=1S/C8H9NO2.C4H5ClO2/c1-3-11-8(10)7(2)5-4-6-9;1-2-7-4(6)3-5/h4-5H,2-3H2,1H3;2H,1,3H2. The van der Waals surface area contributed by atoms with Crippen molar-refractivity contribution in [1.29, 1.82) is 5.26 Å². The zero-order valence-electron chi connectivity index (χ0n) is 10.0. The molecule has 18 heavy (non-hydrogen) atoms. The average Bonchev–Trinajstić information content (AvgIpc) is 2.37. The Balaban J connectivity index is 0. The first-order chi connectivity index (χ1) is 8.53. The van der Waals surface area contributed by atoms with E-state index in [1.165, 1.54) is 12.2 Å². The minimum atomic E-state index is -0.487. The molecule has 0 fully saturated rings. The van der Waals surface area contributed by atoms with Crippen molar-refractivity contribution in [2.24, 2.45) is 0 Å². The predicted molar refractivity (Wildman–Crippen MR) is 67.5 cm³/mol. The highest BCUT2D eigenvalue weighted by Gasteiger charge is 2.01. The van der Waals surface area contributed by atoms with Gasteiger partial charge in [-0.2, -0.15) is 5.26 Å². The molecule has 0 aliphatic rings. The fraction of sp³-hybridized carbons (Fsp3) is 0.250. The Morgan fingerprint density at radius 2 is 2.11 bits per heavy atom. The summed E-state index contributed by atoms with van der Waals surface area (Å²) < 4.78 is 8.79.